The minimum atomic E-state index is -0.770. The topological polar surface area (TPSA) is 65.0 Å². The average molecular weight is 268 g/mol. The van der Waals surface area contributed by atoms with Crippen LogP contribution in [0.1, 0.15) is 24.8 Å². The van der Waals surface area contributed by atoms with Gasteiger partial charge in [0.2, 0.25) is 0 Å². The number of benzene rings is 1. The summed E-state index contributed by atoms with van der Waals surface area (Å²) < 4.78 is 15.8. The van der Waals surface area contributed by atoms with E-state index in [0.29, 0.717) is 30.1 Å². The molecule has 1 rings (SSSR count). The van der Waals surface area contributed by atoms with Crippen LogP contribution in [0.3, 0.4) is 0 Å². The number of unbranched alkanes of at least 4 members (excludes halogenated alkanes) is 1. The number of hydrogen-bond acceptors (Lipinski definition) is 4. The molecular weight excluding hydrogens is 248 g/mol. The highest BCUT2D eigenvalue weighted by molar-refractivity contribution is 5.66. The minimum Gasteiger partial charge on any atom is -0.496 e. The van der Waals surface area contributed by atoms with Gasteiger partial charge in [0.15, 0.2) is 0 Å². The highest BCUT2D eigenvalue weighted by Crippen LogP contribution is 2.35. The van der Waals surface area contributed by atoms with Crippen molar-refractivity contribution in [3.8, 4) is 17.2 Å². The van der Waals surface area contributed by atoms with Crippen molar-refractivity contribution in [1.82, 2.24) is 0 Å². The predicted molar refractivity (Wildman–Crippen MR) is 71.3 cm³/mol. The highest BCUT2D eigenvalue weighted by Gasteiger charge is 2.13. The zero-order valence-corrected chi connectivity index (χ0v) is 11.6. The van der Waals surface area contributed by atoms with E-state index in [1.54, 1.807) is 33.5 Å². The van der Waals surface area contributed by atoms with E-state index in [-0.39, 0.29) is 6.42 Å². The van der Waals surface area contributed by atoms with Gasteiger partial charge in [-0.2, -0.15) is 0 Å². The molecule has 0 aliphatic carbocycles. The SMILES string of the molecule is COc1cc(OC)c(CCCCC(=O)O)c(OC)c1. The van der Waals surface area contributed by atoms with Crippen LogP contribution >= 0.6 is 0 Å². The largest absolute Gasteiger partial charge is 0.496 e. The summed E-state index contributed by atoms with van der Waals surface area (Å²) >= 11 is 0. The molecule has 0 bridgehead atoms. The molecule has 0 unspecified atom stereocenters. The monoisotopic (exact) mass is 268 g/mol. The lowest BCUT2D eigenvalue weighted by Crippen LogP contribution is -2.00. The maximum Gasteiger partial charge on any atom is 0.303 e. The first kappa shape index (κ1) is 15.1. The Morgan fingerprint density at radius 3 is 2.05 bits per heavy atom. The molecule has 0 aliphatic heterocycles. The number of carbonyl (C=O) groups is 1. The van der Waals surface area contributed by atoms with Gasteiger partial charge < -0.3 is 19.3 Å². The van der Waals surface area contributed by atoms with Crippen molar-refractivity contribution in [3.63, 3.8) is 0 Å². The third-order valence-electron chi connectivity index (χ3n) is 2.88. The molecular formula is C14H20O5. The molecule has 0 aliphatic rings. The summed E-state index contributed by atoms with van der Waals surface area (Å²) in [7, 11) is 4.77. The van der Waals surface area contributed by atoms with E-state index in [0.717, 1.165) is 12.0 Å². The Bertz CT molecular complexity index is 403. The van der Waals surface area contributed by atoms with Gasteiger partial charge in [-0.3, -0.25) is 4.79 Å². The van der Waals surface area contributed by atoms with Crippen LogP contribution in [-0.4, -0.2) is 32.4 Å². The molecule has 0 amide bonds. The number of hydrogen-bond donors (Lipinski definition) is 1. The fourth-order valence-electron chi connectivity index (χ4n) is 1.90. The van der Waals surface area contributed by atoms with Crippen LogP contribution in [0, 0.1) is 0 Å². The van der Waals surface area contributed by atoms with Crippen LogP contribution in [-0.2, 0) is 11.2 Å². The van der Waals surface area contributed by atoms with Crippen molar-refractivity contribution in [3.05, 3.63) is 17.7 Å². The summed E-state index contributed by atoms with van der Waals surface area (Å²) in [6, 6.07) is 3.60. The molecule has 0 radical (unpaired) electrons. The quantitative estimate of drug-likeness (QED) is 0.734. The predicted octanol–water partition coefficient (Wildman–Crippen LogP) is 2.51. The van der Waals surface area contributed by atoms with Crippen LogP contribution in [0.2, 0.25) is 0 Å². The van der Waals surface area contributed by atoms with Gasteiger partial charge in [-0.05, 0) is 19.3 Å². The molecule has 0 fully saturated rings. The van der Waals surface area contributed by atoms with Gasteiger partial charge in [0.1, 0.15) is 17.2 Å². The summed E-state index contributed by atoms with van der Waals surface area (Å²) in [6.07, 6.45) is 2.30. The number of aliphatic carboxylic acids is 1. The van der Waals surface area contributed by atoms with E-state index in [9.17, 15) is 4.79 Å². The summed E-state index contributed by atoms with van der Waals surface area (Å²) in [5, 5.41) is 8.61. The Kier molecular flexibility index (Phi) is 5.99. The van der Waals surface area contributed by atoms with Crippen molar-refractivity contribution in [1.29, 1.82) is 0 Å². The summed E-state index contributed by atoms with van der Waals surface area (Å²) in [6.45, 7) is 0. The van der Waals surface area contributed by atoms with E-state index >= 15 is 0 Å². The zero-order chi connectivity index (χ0) is 14.3. The Morgan fingerprint density at radius 1 is 1.05 bits per heavy atom. The molecule has 106 valence electrons. The van der Waals surface area contributed by atoms with E-state index in [4.69, 9.17) is 19.3 Å². The summed E-state index contributed by atoms with van der Waals surface area (Å²) in [5.74, 6) is 1.30. The molecule has 0 atom stereocenters. The number of ether oxygens (including phenoxy) is 3. The van der Waals surface area contributed by atoms with Crippen molar-refractivity contribution in [2.75, 3.05) is 21.3 Å². The van der Waals surface area contributed by atoms with E-state index in [1.807, 2.05) is 0 Å². The van der Waals surface area contributed by atoms with Crippen molar-refractivity contribution >= 4 is 5.97 Å². The fraction of sp³-hybridized carbons (Fsp3) is 0.500. The standard InChI is InChI=1S/C14H20O5/c1-17-10-8-12(18-2)11(13(9-10)19-3)6-4-5-7-14(15)16/h8-9H,4-7H2,1-3H3,(H,15,16). The number of carboxylic acid groups (broad SMARTS) is 1. The van der Waals surface area contributed by atoms with E-state index < -0.39 is 5.97 Å². The van der Waals surface area contributed by atoms with Crippen molar-refractivity contribution < 1.29 is 24.1 Å². The van der Waals surface area contributed by atoms with Gasteiger partial charge in [-0.15, -0.1) is 0 Å². The first-order chi connectivity index (χ1) is 9.12. The van der Waals surface area contributed by atoms with Crippen LogP contribution in [0.5, 0.6) is 17.2 Å². The lowest BCUT2D eigenvalue weighted by molar-refractivity contribution is -0.137. The Balaban J connectivity index is 2.82. The second kappa shape index (κ2) is 7.51. The van der Waals surface area contributed by atoms with Crippen molar-refractivity contribution in [2.24, 2.45) is 0 Å². The van der Waals surface area contributed by atoms with Crippen molar-refractivity contribution in [2.45, 2.75) is 25.7 Å². The molecule has 0 saturated heterocycles. The van der Waals surface area contributed by atoms with Crippen LogP contribution < -0.4 is 14.2 Å². The second-order valence-electron chi connectivity index (χ2n) is 4.11. The van der Waals surface area contributed by atoms with E-state index in [2.05, 4.69) is 0 Å². The maximum atomic E-state index is 10.5. The zero-order valence-electron chi connectivity index (χ0n) is 11.6. The van der Waals surface area contributed by atoms with Gasteiger partial charge in [-0.25, -0.2) is 0 Å². The number of carboxylic acids is 1. The van der Waals surface area contributed by atoms with Gasteiger partial charge in [0.05, 0.1) is 21.3 Å². The van der Waals surface area contributed by atoms with Gasteiger partial charge >= 0.3 is 5.97 Å². The molecule has 0 saturated carbocycles. The van der Waals surface area contributed by atoms with Crippen LogP contribution in [0.25, 0.3) is 0 Å². The van der Waals surface area contributed by atoms with E-state index in [1.165, 1.54) is 0 Å². The molecule has 5 heteroatoms. The summed E-state index contributed by atoms with van der Waals surface area (Å²) in [5.41, 5.74) is 0.941. The second-order valence-corrected chi connectivity index (χ2v) is 4.11. The fourth-order valence-corrected chi connectivity index (χ4v) is 1.90. The number of methoxy groups -OCH3 is 3. The molecule has 1 aromatic rings. The Hall–Kier alpha value is -1.91. The first-order valence-corrected chi connectivity index (χ1v) is 6.13. The molecule has 0 spiro atoms. The lowest BCUT2D eigenvalue weighted by Gasteiger charge is -2.14. The third kappa shape index (κ3) is 4.35. The molecule has 0 aromatic heterocycles. The first-order valence-electron chi connectivity index (χ1n) is 6.13. The molecule has 19 heavy (non-hydrogen) atoms. The van der Waals surface area contributed by atoms with Crippen LogP contribution in [0.4, 0.5) is 0 Å². The Labute approximate surface area is 113 Å². The molecule has 5 nitrogen and oxygen atoms in total. The Morgan fingerprint density at radius 2 is 1.63 bits per heavy atom. The maximum absolute atomic E-state index is 10.5. The van der Waals surface area contributed by atoms with Gasteiger partial charge in [-0.1, -0.05) is 0 Å². The van der Waals surface area contributed by atoms with Gasteiger partial charge in [0, 0.05) is 24.1 Å². The molecule has 1 N–H and O–H groups in total. The molecule has 1 aromatic carbocycles. The number of rotatable bonds is 8. The third-order valence-corrected chi connectivity index (χ3v) is 2.88. The highest BCUT2D eigenvalue weighted by atomic mass is 16.5. The normalized spacial score (nSPS) is 10.1. The average Bonchev–Trinajstić information content (AvgIpc) is 2.42. The smallest absolute Gasteiger partial charge is 0.303 e. The van der Waals surface area contributed by atoms with Gasteiger partial charge in [0.25, 0.3) is 0 Å². The summed E-state index contributed by atoms with van der Waals surface area (Å²) in [4.78, 5) is 10.5. The van der Waals surface area contributed by atoms with Crippen LogP contribution in [0.15, 0.2) is 12.1 Å². The molecule has 0 heterocycles. The minimum absolute atomic E-state index is 0.181. The lowest BCUT2D eigenvalue weighted by atomic mass is 10.0.